The number of carboxylic acids is 1. The van der Waals surface area contributed by atoms with Gasteiger partial charge in [0.15, 0.2) is 0 Å². The van der Waals surface area contributed by atoms with Gasteiger partial charge in [0.1, 0.15) is 22.7 Å². The molecule has 8 nitrogen and oxygen atoms in total. The van der Waals surface area contributed by atoms with Crippen molar-refractivity contribution >= 4 is 11.6 Å². The van der Waals surface area contributed by atoms with E-state index in [2.05, 4.69) is 15.1 Å². The summed E-state index contributed by atoms with van der Waals surface area (Å²) in [6, 6.07) is 2.69. The van der Waals surface area contributed by atoms with Gasteiger partial charge in [-0.25, -0.2) is 4.79 Å². The van der Waals surface area contributed by atoms with Crippen molar-refractivity contribution in [1.29, 1.82) is 0 Å². The van der Waals surface area contributed by atoms with Crippen LogP contribution in [-0.4, -0.2) is 35.2 Å². The lowest BCUT2D eigenvalue weighted by molar-refractivity contribution is 0.0684. The van der Waals surface area contributed by atoms with Gasteiger partial charge in [-0.3, -0.25) is 14.8 Å². The Bertz CT molecular complexity index is 882. The largest absolute Gasteiger partial charge is 0.477 e. The van der Waals surface area contributed by atoms with Crippen LogP contribution in [0.1, 0.15) is 17.4 Å². The van der Waals surface area contributed by atoms with E-state index in [1.807, 2.05) is 0 Å². The molecule has 21 heavy (non-hydrogen) atoms. The zero-order valence-corrected chi connectivity index (χ0v) is 11.1. The molecule has 0 atom stereocenters. The van der Waals surface area contributed by atoms with E-state index in [9.17, 15) is 14.7 Å². The molecule has 3 aromatic rings. The van der Waals surface area contributed by atoms with Crippen molar-refractivity contribution in [2.75, 3.05) is 0 Å². The molecule has 0 aliphatic carbocycles. The molecule has 3 heterocycles. The van der Waals surface area contributed by atoms with E-state index >= 15 is 0 Å². The molecule has 0 amide bonds. The van der Waals surface area contributed by atoms with Gasteiger partial charge in [-0.1, -0.05) is 0 Å². The summed E-state index contributed by atoms with van der Waals surface area (Å²) in [5.74, 6) is -1.15. The first-order valence-corrected chi connectivity index (χ1v) is 6.25. The van der Waals surface area contributed by atoms with E-state index in [0.717, 1.165) is 6.07 Å². The highest BCUT2D eigenvalue weighted by molar-refractivity contribution is 5.86. The number of hydrogen-bond acceptors (Lipinski definition) is 5. The molecule has 3 aromatic heterocycles. The normalized spacial score (nSPS) is 10.9. The topological polar surface area (TPSA) is 102 Å². The molecule has 0 saturated carbocycles. The SMILES string of the molecule is CCn1c(C(=O)O)cc(=O)n2nc(-c3cnccn3)cc12. The first-order valence-electron chi connectivity index (χ1n) is 6.25. The highest BCUT2D eigenvalue weighted by Gasteiger charge is 2.16. The van der Waals surface area contributed by atoms with Crippen LogP contribution in [0, 0.1) is 0 Å². The summed E-state index contributed by atoms with van der Waals surface area (Å²) in [7, 11) is 0. The molecular formula is C13H11N5O3. The maximum atomic E-state index is 12.0. The first kappa shape index (κ1) is 13.0. The minimum Gasteiger partial charge on any atom is -0.477 e. The quantitative estimate of drug-likeness (QED) is 0.758. The number of aryl methyl sites for hydroxylation is 1. The van der Waals surface area contributed by atoms with Crippen molar-refractivity contribution in [3.05, 3.63) is 46.8 Å². The molecule has 8 heteroatoms. The van der Waals surface area contributed by atoms with Crippen LogP contribution in [0.15, 0.2) is 35.5 Å². The van der Waals surface area contributed by atoms with Gasteiger partial charge in [0.25, 0.3) is 5.56 Å². The predicted octanol–water partition coefficient (Wildman–Crippen LogP) is 0.671. The highest BCUT2D eigenvalue weighted by Crippen LogP contribution is 2.16. The van der Waals surface area contributed by atoms with Gasteiger partial charge >= 0.3 is 5.97 Å². The van der Waals surface area contributed by atoms with Crippen molar-refractivity contribution in [3.8, 4) is 11.4 Å². The van der Waals surface area contributed by atoms with Gasteiger partial charge in [0, 0.05) is 31.1 Å². The van der Waals surface area contributed by atoms with Crippen LogP contribution in [0.3, 0.4) is 0 Å². The molecule has 106 valence electrons. The van der Waals surface area contributed by atoms with E-state index in [0.29, 0.717) is 23.6 Å². The number of carbonyl (C=O) groups is 1. The molecule has 0 unspecified atom stereocenters. The standard InChI is InChI=1S/C13H11N5O3/c1-2-17-10(13(20)21)6-12(19)18-11(17)5-8(16-18)9-7-14-3-4-15-9/h3-7H,2H2,1H3,(H,20,21). The van der Waals surface area contributed by atoms with E-state index in [4.69, 9.17) is 0 Å². The average Bonchev–Trinajstić information content (AvgIpc) is 2.93. The summed E-state index contributed by atoms with van der Waals surface area (Å²) in [5.41, 5.74) is 0.816. The van der Waals surface area contributed by atoms with Gasteiger partial charge in [-0.2, -0.15) is 9.61 Å². The van der Waals surface area contributed by atoms with Crippen molar-refractivity contribution in [1.82, 2.24) is 24.1 Å². The Morgan fingerprint density at radius 2 is 2.10 bits per heavy atom. The van der Waals surface area contributed by atoms with E-state index < -0.39 is 11.5 Å². The Kier molecular flexibility index (Phi) is 2.98. The van der Waals surface area contributed by atoms with E-state index in [1.54, 1.807) is 13.0 Å². The van der Waals surface area contributed by atoms with Crippen LogP contribution >= 0.6 is 0 Å². The molecule has 1 N–H and O–H groups in total. The molecule has 0 aliphatic rings. The Hall–Kier alpha value is -3.03. The zero-order valence-electron chi connectivity index (χ0n) is 11.1. The second-order valence-electron chi connectivity index (χ2n) is 4.31. The van der Waals surface area contributed by atoms with Gasteiger partial charge < -0.3 is 9.67 Å². The third-order valence-electron chi connectivity index (χ3n) is 3.09. The summed E-state index contributed by atoms with van der Waals surface area (Å²) in [6.07, 6.45) is 4.59. The fraction of sp³-hybridized carbons (Fsp3) is 0.154. The number of aromatic carboxylic acids is 1. The van der Waals surface area contributed by atoms with Crippen LogP contribution < -0.4 is 5.56 Å². The van der Waals surface area contributed by atoms with Crippen molar-refractivity contribution in [3.63, 3.8) is 0 Å². The minimum atomic E-state index is -1.15. The average molecular weight is 285 g/mol. The summed E-state index contributed by atoms with van der Waals surface area (Å²) < 4.78 is 2.68. The molecular weight excluding hydrogens is 274 g/mol. The lowest BCUT2D eigenvalue weighted by Crippen LogP contribution is -2.23. The minimum absolute atomic E-state index is 0.0689. The van der Waals surface area contributed by atoms with Gasteiger partial charge in [0.2, 0.25) is 0 Å². The summed E-state index contributed by atoms with van der Waals surface area (Å²) in [6.45, 7) is 2.20. The summed E-state index contributed by atoms with van der Waals surface area (Å²) >= 11 is 0. The van der Waals surface area contributed by atoms with Crippen LogP contribution in [0.2, 0.25) is 0 Å². The lowest BCUT2D eigenvalue weighted by atomic mass is 10.3. The van der Waals surface area contributed by atoms with Crippen molar-refractivity contribution in [2.45, 2.75) is 13.5 Å². The summed E-state index contributed by atoms with van der Waals surface area (Å²) in [5, 5.41) is 13.4. The molecule has 0 aromatic carbocycles. The predicted molar refractivity (Wildman–Crippen MR) is 73.1 cm³/mol. The van der Waals surface area contributed by atoms with Crippen molar-refractivity contribution in [2.24, 2.45) is 0 Å². The van der Waals surface area contributed by atoms with Crippen LogP contribution in [0.5, 0.6) is 0 Å². The molecule has 0 spiro atoms. The third-order valence-corrected chi connectivity index (χ3v) is 3.09. The first-order chi connectivity index (χ1) is 10.1. The van der Waals surface area contributed by atoms with Gasteiger partial charge in [-0.15, -0.1) is 0 Å². The maximum Gasteiger partial charge on any atom is 0.352 e. The fourth-order valence-corrected chi connectivity index (χ4v) is 2.17. The number of rotatable bonds is 3. The number of nitrogens with zero attached hydrogens (tertiary/aromatic N) is 5. The Balaban J connectivity index is 2.33. The third kappa shape index (κ3) is 2.06. The van der Waals surface area contributed by atoms with E-state index in [1.165, 1.54) is 27.7 Å². The Morgan fingerprint density at radius 3 is 2.71 bits per heavy atom. The second kappa shape index (κ2) is 4.82. The van der Waals surface area contributed by atoms with Gasteiger partial charge in [-0.05, 0) is 6.92 Å². The molecule has 0 saturated heterocycles. The molecule has 0 radical (unpaired) electrons. The lowest BCUT2D eigenvalue weighted by Gasteiger charge is -2.09. The molecule has 0 aliphatic heterocycles. The number of hydrogen-bond donors (Lipinski definition) is 1. The fourth-order valence-electron chi connectivity index (χ4n) is 2.17. The van der Waals surface area contributed by atoms with Crippen LogP contribution in [-0.2, 0) is 6.54 Å². The van der Waals surface area contributed by atoms with E-state index in [-0.39, 0.29) is 5.69 Å². The number of fused-ring (bicyclic) bond motifs is 1. The smallest absolute Gasteiger partial charge is 0.352 e. The molecule has 0 fully saturated rings. The number of aromatic nitrogens is 5. The zero-order chi connectivity index (χ0) is 15.0. The molecule has 0 bridgehead atoms. The Morgan fingerprint density at radius 1 is 1.29 bits per heavy atom. The van der Waals surface area contributed by atoms with Crippen molar-refractivity contribution < 1.29 is 9.90 Å². The van der Waals surface area contributed by atoms with Crippen LogP contribution in [0.25, 0.3) is 17.0 Å². The van der Waals surface area contributed by atoms with Crippen LogP contribution in [0.4, 0.5) is 0 Å². The number of carboxylic acid groups (broad SMARTS) is 1. The van der Waals surface area contributed by atoms with Gasteiger partial charge in [0.05, 0.1) is 6.20 Å². The second-order valence-corrected chi connectivity index (χ2v) is 4.31. The highest BCUT2D eigenvalue weighted by atomic mass is 16.4. The Labute approximate surface area is 118 Å². The maximum absolute atomic E-state index is 12.0. The molecule has 3 rings (SSSR count). The summed E-state index contributed by atoms with van der Waals surface area (Å²) in [4.78, 5) is 31.3. The monoisotopic (exact) mass is 285 g/mol.